The predicted molar refractivity (Wildman–Crippen MR) is 94.7 cm³/mol. The molecule has 0 aliphatic rings. The van der Waals surface area contributed by atoms with Gasteiger partial charge in [0.2, 0.25) is 0 Å². The molecule has 0 spiro atoms. The molecule has 0 radical (unpaired) electrons. The second-order valence-electron chi connectivity index (χ2n) is 5.80. The van der Waals surface area contributed by atoms with Gasteiger partial charge in [-0.25, -0.2) is 9.97 Å². The zero-order valence-corrected chi connectivity index (χ0v) is 13.9. The summed E-state index contributed by atoms with van der Waals surface area (Å²) in [5.74, 6) is 0. The third-order valence-corrected chi connectivity index (χ3v) is 5.05. The van der Waals surface area contributed by atoms with E-state index in [9.17, 15) is 4.79 Å². The van der Waals surface area contributed by atoms with E-state index in [1.54, 1.807) is 10.9 Å². The van der Waals surface area contributed by atoms with E-state index in [4.69, 9.17) is 0 Å². The van der Waals surface area contributed by atoms with E-state index in [1.807, 2.05) is 51.1 Å². The summed E-state index contributed by atoms with van der Waals surface area (Å²) in [5, 5.41) is 0.990. The fourth-order valence-electron chi connectivity index (χ4n) is 2.86. The highest BCUT2D eigenvalue weighted by atomic mass is 32.1. The number of pyridine rings is 1. The quantitative estimate of drug-likeness (QED) is 0.534. The zero-order valence-electron chi connectivity index (χ0n) is 13.1. The Labute approximate surface area is 137 Å². The van der Waals surface area contributed by atoms with Crippen LogP contribution in [-0.2, 0) is 0 Å². The van der Waals surface area contributed by atoms with Crippen molar-refractivity contribution in [3.05, 3.63) is 63.8 Å². The molecule has 0 atom stereocenters. The van der Waals surface area contributed by atoms with Crippen LogP contribution in [0.15, 0.2) is 41.5 Å². The van der Waals surface area contributed by atoms with E-state index in [2.05, 4.69) is 9.97 Å². The molecule has 1 aromatic carbocycles. The van der Waals surface area contributed by atoms with E-state index in [0.717, 1.165) is 38.2 Å². The molecule has 0 unspecified atom stereocenters. The highest BCUT2D eigenvalue weighted by molar-refractivity contribution is 7.25. The van der Waals surface area contributed by atoms with Crippen LogP contribution in [0.25, 0.3) is 26.1 Å². The van der Waals surface area contributed by atoms with Crippen LogP contribution < -0.4 is 5.56 Å². The van der Waals surface area contributed by atoms with Crippen molar-refractivity contribution in [2.45, 2.75) is 20.8 Å². The van der Waals surface area contributed by atoms with Gasteiger partial charge in [-0.2, -0.15) is 0 Å². The molecule has 0 amide bonds. The summed E-state index contributed by atoms with van der Waals surface area (Å²) >= 11 is 1.42. The van der Waals surface area contributed by atoms with Gasteiger partial charge in [-0.15, -0.1) is 11.3 Å². The van der Waals surface area contributed by atoms with Crippen LogP contribution in [0, 0.1) is 20.8 Å². The fourth-order valence-corrected chi connectivity index (χ4v) is 4.04. The molecule has 0 saturated carbocycles. The summed E-state index contributed by atoms with van der Waals surface area (Å²) in [5.41, 5.74) is 4.77. The second kappa shape index (κ2) is 4.99. The van der Waals surface area contributed by atoms with Crippen molar-refractivity contribution in [2.24, 2.45) is 0 Å². The topological polar surface area (TPSA) is 47.8 Å². The first-order chi connectivity index (χ1) is 11.0. The smallest absolute Gasteiger partial charge is 0.267 e. The predicted octanol–water partition coefficient (Wildman–Crippen LogP) is 3.92. The van der Waals surface area contributed by atoms with Crippen LogP contribution in [0.5, 0.6) is 0 Å². The van der Waals surface area contributed by atoms with Crippen LogP contribution in [0.4, 0.5) is 0 Å². The number of benzene rings is 1. The van der Waals surface area contributed by atoms with Gasteiger partial charge in [0.05, 0.1) is 11.2 Å². The van der Waals surface area contributed by atoms with Crippen LogP contribution in [0.2, 0.25) is 0 Å². The Bertz CT molecular complexity index is 1110. The van der Waals surface area contributed by atoms with Gasteiger partial charge in [-0.1, -0.05) is 17.7 Å². The van der Waals surface area contributed by atoms with E-state index < -0.39 is 0 Å². The lowest BCUT2D eigenvalue weighted by Gasteiger charge is -2.05. The van der Waals surface area contributed by atoms with Crippen molar-refractivity contribution in [1.29, 1.82) is 0 Å². The summed E-state index contributed by atoms with van der Waals surface area (Å²) in [6.45, 7) is 6.03. The monoisotopic (exact) mass is 321 g/mol. The third-order valence-electron chi connectivity index (χ3n) is 3.99. The van der Waals surface area contributed by atoms with Crippen LogP contribution >= 0.6 is 11.3 Å². The first-order valence-electron chi connectivity index (χ1n) is 7.40. The number of rotatable bonds is 1. The van der Waals surface area contributed by atoms with Crippen molar-refractivity contribution in [3.8, 4) is 5.69 Å². The Morgan fingerprint density at radius 1 is 1.09 bits per heavy atom. The molecule has 0 aliphatic heterocycles. The molecule has 0 N–H and O–H groups in total. The Balaban J connectivity index is 2.06. The molecule has 23 heavy (non-hydrogen) atoms. The first-order valence-corrected chi connectivity index (χ1v) is 8.21. The minimum absolute atomic E-state index is 0.0427. The zero-order chi connectivity index (χ0) is 16.1. The number of hydrogen-bond acceptors (Lipinski definition) is 4. The molecule has 4 rings (SSSR count). The van der Waals surface area contributed by atoms with Gasteiger partial charge in [0.25, 0.3) is 5.56 Å². The molecule has 114 valence electrons. The van der Waals surface area contributed by atoms with Gasteiger partial charge in [0.15, 0.2) is 0 Å². The maximum Gasteiger partial charge on any atom is 0.275 e. The summed E-state index contributed by atoms with van der Waals surface area (Å²) in [6.07, 6.45) is 1.61. The van der Waals surface area contributed by atoms with E-state index in [0.29, 0.717) is 4.70 Å². The summed E-state index contributed by atoms with van der Waals surface area (Å²) in [4.78, 5) is 22.9. The van der Waals surface area contributed by atoms with Crippen LogP contribution in [0.3, 0.4) is 0 Å². The summed E-state index contributed by atoms with van der Waals surface area (Å²) in [6, 6.07) is 9.88. The summed E-state index contributed by atoms with van der Waals surface area (Å²) in [7, 11) is 0. The van der Waals surface area contributed by atoms with Crippen molar-refractivity contribution in [1.82, 2.24) is 14.5 Å². The number of aryl methyl sites for hydroxylation is 3. The lowest BCUT2D eigenvalue weighted by molar-refractivity contribution is 0.966. The molecule has 0 aliphatic carbocycles. The van der Waals surface area contributed by atoms with Gasteiger partial charge in [-0.3, -0.25) is 9.36 Å². The Morgan fingerprint density at radius 2 is 1.83 bits per heavy atom. The van der Waals surface area contributed by atoms with Crippen molar-refractivity contribution in [3.63, 3.8) is 0 Å². The minimum Gasteiger partial charge on any atom is -0.267 e. The largest absolute Gasteiger partial charge is 0.275 e. The Hall–Kier alpha value is -2.53. The SMILES string of the molecule is Cc1ccc(-n2cnc3c(sc4nc(C)cc(C)c43)c2=O)cc1. The van der Waals surface area contributed by atoms with Crippen LogP contribution in [0.1, 0.15) is 16.8 Å². The molecule has 5 heteroatoms. The average Bonchev–Trinajstić information content (AvgIpc) is 2.88. The number of nitrogens with zero attached hydrogens (tertiary/aromatic N) is 3. The molecule has 0 fully saturated rings. The highest BCUT2D eigenvalue weighted by Crippen LogP contribution is 2.31. The highest BCUT2D eigenvalue weighted by Gasteiger charge is 2.15. The molecule has 3 aromatic heterocycles. The fraction of sp³-hybridized carbons (Fsp3) is 0.167. The molecule has 4 nitrogen and oxygen atoms in total. The Kier molecular flexibility index (Phi) is 3.06. The van der Waals surface area contributed by atoms with E-state index >= 15 is 0 Å². The van der Waals surface area contributed by atoms with E-state index in [-0.39, 0.29) is 5.56 Å². The van der Waals surface area contributed by atoms with Gasteiger partial charge in [0.1, 0.15) is 15.9 Å². The molecular weight excluding hydrogens is 306 g/mol. The molecular formula is C18H15N3OS. The standard InChI is InChI=1S/C18H15N3OS/c1-10-4-6-13(7-5-10)21-9-19-15-14-11(2)8-12(3)20-17(14)23-16(15)18(21)22/h4-9H,1-3H3. The molecule has 0 bridgehead atoms. The third kappa shape index (κ3) is 2.16. The normalized spacial score (nSPS) is 11.4. The van der Waals surface area contributed by atoms with Gasteiger partial charge < -0.3 is 0 Å². The number of thiophene rings is 1. The molecule has 0 saturated heterocycles. The second-order valence-corrected chi connectivity index (χ2v) is 6.79. The Morgan fingerprint density at radius 3 is 2.57 bits per heavy atom. The minimum atomic E-state index is -0.0427. The number of hydrogen-bond donors (Lipinski definition) is 0. The molecule has 4 aromatic rings. The lowest BCUT2D eigenvalue weighted by Crippen LogP contribution is -2.17. The maximum absolute atomic E-state index is 12.9. The molecule has 3 heterocycles. The summed E-state index contributed by atoms with van der Waals surface area (Å²) < 4.78 is 2.25. The number of aromatic nitrogens is 3. The van der Waals surface area contributed by atoms with Crippen molar-refractivity contribution >= 4 is 31.8 Å². The van der Waals surface area contributed by atoms with Crippen LogP contribution in [-0.4, -0.2) is 14.5 Å². The lowest BCUT2D eigenvalue weighted by atomic mass is 10.1. The van der Waals surface area contributed by atoms with Gasteiger partial charge >= 0.3 is 0 Å². The van der Waals surface area contributed by atoms with Gasteiger partial charge in [-0.05, 0) is 44.5 Å². The van der Waals surface area contributed by atoms with Crippen molar-refractivity contribution < 1.29 is 0 Å². The first kappa shape index (κ1) is 14.1. The number of fused-ring (bicyclic) bond motifs is 3. The van der Waals surface area contributed by atoms with E-state index in [1.165, 1.54) is 11.3 Å². The van der Waals surface area contributed by atoms with Crippen molar-refractivity contribution in [2.75, 3.05) is 0 Å². The van der Waals surface area contributed by atoms with Gasteiger partial charge in [0, 0.05) is 11.1 Å². The maximum atomic E-state index is 12.9. The average molecular weight is 321 g/mol.